The highest BCUT2D eigenvalue weighted by Gasteiger charge is 2.50. The molecule has 0 aromatic rings. The molecule has 1 unspecified atom stereocenters. The third kappa shape index (κ3) is 5.41. The van der Waals surface area contributed by atoms with E-state index >= 15 is 0 Å². The smallest absolute Gasteiger partial charge is 0.187 e. The topological polar surface area (TPSA) is 242 Å². The zero-order valence-corrected chi connectivity index (χ0v) is 14.5. The van der Waals surface area contributed by atoms with Gasteiger partial charge in [0.25, 0.3) is 0 Å². The first kappa shape index (κ1) is 23.0. The lowest BCUT2D eigenvalue weighted by molar-refractivity contribution is -0.362. The van der Waals surface area contributed by atoms with Crippen molar-refractivity contribution in [2.45, 2.75) is 61.4 Å². The number of aliphatic hydroxyl groups excluding tert-OH is 7. The molecule has 0 aromatic carbocycles. The van der Waals surface area contributed by atoms with Crippen LogP contribution in [0, 0.1) is 0 Å². The third-order valence-corrected chi connectivity index (χ3v) is 4.66. The van der Waals surface area contributed by atoms with Crippen molar-refractivity contribution in [2.24, 2.45) is 0 Å². The second-order valence-corrected chi connectivity index (χ2v) is 7.24. The molecule has 2 rings (SSSR count). The maximum Gasteiger partial charge on any atom is 0.187 e. The van der Waals surface area contributed by atoms with Crippen molar-refractivity contribution in [3.05, 3.63) is 0 Å². The number of hydrogen-bond donors (Lipinski definition) is 7. The van der Waals surface area contributed by atoms with Gasteiger partial charge in [-0.25, -0.2) is 0 Å². The number of ether oxygens (including phenoxy) is 3. The summed E-state index contributed by atoms with van der Waals surface area (Å²) < 4.78 is 29.7. The van der Waals surface area contributed by atoms with Gasteiger partial charge in [-0.05, 0) is 0 Å². The van der Waals surface area contributed by atoms with E-state index in [-0.39, 0.29) is 0 Å². The predicted molar refractivity (Wildman–Crippen MR) is 75.1 cm³/mol. The molecule has 160 valence electrons. The maximum atomic E-state index is 10.6. The van der Waals surface area contributed by atoms with E-state index in [9.17, 15) is 50.1 Å². The largest absolute Gasteiger partial charge is 0.790 e. The molecule has 2 aliphatic rings. The van der Waals surface area contributed by atoms with Crippen LogP contribution >= 0.6 is 7.82 Å². The molecule has 2 heterocycles. The molecule has 14 nitrogen and oxygen atoms in total. The van der Waals surface area contributed by atoms with E-state index in [0.29, 0.717) is 0 Å². The summed E-state index contributed by atoms with van der Waals surface area (Å²) in [6.45, 7) is -1.77. The minimum atomic E-state index is -5.42. The van der Waals surface area contributed by atoms with Gasteiger partial charge in [-0.1, -0.05) is 0 Å². The lowest BCUT2D eigenvalue weighted by Gasteiger charge is -2.45. The molecular weight excluding hydrogens is 399 g/mol. The van der Waals surface area contributed by atoms with Crippen LogP contribution in [0.2, 0.25) is 0 Å². The fourth-order valence-electron chi connectivity index (χ4n) is 2.72. The minimum absolute atomic E-state index is 0.776. The molecule has 0 saturated carbocycles. The van der Waals surface area contributed by atoms with Crippen molar-refractivity contribution in [2.75, 3.05) is 13.2 Å². The molecule has 0 aromatic heterocycles. The Morgan fingerprint density at radius 2 is 1.48 bits per heavy atom. The molecule has 0 amide bonds. The summed E-state index contributed by atoms with van der Waals surface area (Å²) in [6.07, 6.45) is -17.5. The molecule has 27 heavy (non-hydrogen) atoms. The van der Waals surface area contributed by atoms with E-state index in [1.54, 1.807) is 0 Å². The highest BCUT2D eigenvalue weighted by atomic mass is 31.2. The average Bonchev–Trinajstić information content (AvgIpc) is 2.60. The van der Waals surface area contributed by atoms with Gasteiger partial charge in [-0.2, -0.15) is 0 Å². The standard InChI is InChI=1S/C12H23O14P/c13-1-3-10(7(16)8(17)11(19)24-3)26-12-9(18)6(15)5(14)4(25-12)2-23-27(20,21)22/h3-19H,1-2H2,(H2,20,21,22)/p-2/t3-,4-,5-,6+,7-,8-,9-,10-,11?,12+/m1/s1. The van der Waals surface area contributed by atoms with Gasteiger partial charge in [0, 0.05) is 0 Å². The molecule has 0 aliphatic carbocycles. The molecule has 0 spiro atoms. The molecule has 2 aliphatic heterocycles. The minimum Gasteiger partial charge on any atom is -0.790 e. The number of hydrogen-bond acceptors (Lipinski definition) is 14. The maximum absolute atomic E-state index is 10.6. The molecule has 7 N–H and O–H groups in total. The van der Waals surface area contributed by atoms with Crippen molar-refractivity contribution in [1.82, 2.24) is 0 Å². The van der Waals surface area contributed by atoms with Crippen molar-refractivity contribution < 1.29 is 68.8 Å². The molecule has 0 bridgehead atoms. The van der Waals surface area contributed by atoms with Crippen LogP contribution in [-0.4, -0.2) is 110 Å². The van der Waals surface area contributed by atoms with E-state index in [0.717, 1.165) is 0 Å². The van der Waals surface area contributed by atoms with Crippen molar-refractivity contribution in [3.8, 4) is 0 Å². The zero-order valence-electron chi connectivity index (χ0n) is 13.6. The Bertz CT molecular complexity index is 526. The summed E-state index contributed by atoms with van der Waals surface area (Å²) in [5, 5.41) is 68.0. The van der Waals surface area contributed by atoms with E-state index in [4.69, 9.17) is 14.2 Å². The first-order chi connectivity index (χ1) is 12.5. The van der Waals surface area contributed by atoms with Gasteiger partial charge in [0.05, 0.1) is 21.0 Å². The Kier molecular flexibility index (Phi) is 7.68. The Morgan fingerprint density at radius 1 is 0.852 bits per heavy atom. The summed E-state index contributed by atoms with van der Waals surface area (Å²) in [4.78, 5) is 21.1. The van der Waals surface area contributed by atoms with Crippen LogP contribution in [0.1, 0.15) is 0 Å². The highest BCUT2D eigenvalue weighted by Crippen LogP contribution is 2.31. The summed E-state index contributed by atoms with van der Waals surface area (Å²) in [5.74, 6) is 0. The summed E-state index contributed by atoms with van der Waals surface area (Å²) in [7, 11) is -5.42. The van der Waals surface area contributed by atoms with E-state index < -0.39 is 82.4 Å². The van der Waals surface area contributed by atoms with Gasteiger partial charge in [0.1, 0.15) is 48.8 Å². The Hall–Kier alpha value is -0.290. The Morgan fingerprint density at radius 3 is 2.04 bits per heavy atom. The predicted octanol–water partition coefficient (Wildman–Crippen LogP) is -6.54. The SMILES string of the molecule is O=P([O-])([O-])OC[C@H]1O[C@@H](O[C@H]2[C@H](O)[C@@H](O)C(O)O[C@@H]2CO)[C@H](O)[C@@H](O)[C@@H]1O. The lowest BCUT2D eigenvalue weighted by atomic mass is 9.97. The molecule has 2 fully saturated rings. The van der Waals surface area contributed by atoms with Crippen LogP contribution in [0.4, 0.5) is 0 Å². The molecule has 0 radical (unpaired) electrons. The highest BCUT2D eigenvalue weighted by molar-refractivity contribution is 7.43. The van der Waals surface area contributed by atoms with Gasteiger partial charge in [-0.3, -0.25) is 0 Å². The number of aliphatic hydroxyl groups is 7. The first-order valence-electron chi connectivity index (χ1n) is 7.78. The fraction of sp³-hybridized carbons (Fsp3) is 1.00. The van der Waals surface area contributed by atoms with Gasteiger partial charge >= 0.3 is 0 Å². The third-order valence-electron chi connectivity index (χ3n) is 4.20. The van der Waals surface area contributed by atoms with Crippen LogP contribution in [0.25, 0.3) is 0 Å². The van der Waals surface area contributed by atoms with Crippen LogP contribution in [-0.2, 0) is 23.3 Å². The van der Waals surface area contributed by atoms with Gasteiger partial charge in [-0.15, -0.1) is 0 Å². The molecular formula is C12H21O14P-2. The number of phosphoric ester groups is 1. The molecule has 10 atom stereocenters. The quantitative estimate of drug-likeness (QED) is 0.198. The van der Waals surface area contributed by atoms with E-state index in [1.807, 2.05) is 0 Å². The van der Waals surface area contributed by atoms with Gasteiger partial charge in [0.2, 0.25) is 0 Å². The van der Waals surface area contributed by atoms with Gasteiger partial charge in [0.15, 0.2) is 12.6 Å². The first-order valence-corrected chi connectivity index (χ1v) is 9.24. The second kappa shape index (κ2) is 9.02. The Labute approximate surface area is 152 Å². The normalized spacial score (nSPS) is 46.4. The van der Waals surface area contributed by atoms with E-state index in [1.165, 1.54) is 0 Å². The van der Waals surface area contributed by atoms with Crippen molar-refractivity contribution in [1.29, 1.82) is 0 Å². The van der Waals surface area contributed by atoms with Crippen LogP contribution < -0.4 is 9.79 Å². The summed E-state index contributed by atoms with van der Waals surface area (Å²) in [6, 6.07) is 0. The zero-order chi connectivity index (χ0) is 20.5. The summed E-state index contributed by atoms with van der Waals surface area (Å²) in [5.41, 5.74) is 0. The number of phosphoric acid groups is 1. The fourth-order valence-corrected chi connectivity index (χ4v) is 3.05. The van der Waals surface area contributed by atoms with E-state index in [2.05, 4.69) is 4.52 Å². The lowest BCUT2D eigenvalue weighted by Crippen LogP contribution is -2.64. The number of rotatable bonds is 6. The average molecular weight is 420 g/mol. The summed E-state index contributed by atoms with van der Waals surface area (Å²) >= 11 is 0. The van der Waals surface area contributed by atoms with Crippen LogP contribution in [0.3, 0.4) is 0 Å². The molecule has 2 saturated heterocycles. The van der Waals surface area contributed by atoms with Crippen LogP contribution in [0.15, 0.2) is 0 Å². The molecule has 15 heteroatoms. The monoisotopic (exact) mass is 420 g/mol. The van der Waals surface area contributed by atoms with Crippen molar-refractivity contribution in [3.63, 3.8) is 0 Å². The Balaban J connectivity index is 2.11. The van der Waals surface area contributed by atoms with Crippen molar-refractivity contribution >= 4 is 7.82 Å². The second-order valence-electron chi connectivity index (χ2n) is 6.09. The van der Waals surface area contributed by atoms with Crippen LogP contribution in [0.5, 0.6) is 0 Å². The van der Waals surface area contributed by atoms with Gasteiger partial charge < -0.3 is 68.8 Å².